The number of carbonyl (C=O) groups excluding carboxylic acids is 2. The quantitative estimate of drug-likeness (QED) is 0.248. The number of likely N-dealkylation sites (tertiary alicyclic amines) is 1. The van der Waals surface area contributed by atoms with Crippen LogP contribution in [0.4, 0.5) is 0 Å². The molecule has 0 spiro atoms. The van der Waals surface area contributed by atoms with Gasteiger partial charge in [-0.15, -0.1) is 0 Å². The van der Waals surface area contributed by atoms with Crippen molar-refractivity contribution in [3.8, 4) is 11.4 Å². The molecule has 9 heteroatoms. The molecule has 1 amide bonds. The average molecular weight is 810 g/mol. The number of rotatable bonds is 9. The first-order valence-corrected chi connectivity index (χ1v) is 23.4. The van der Waals surface area contributed by atoms with E-state index >= 15 is 4.79 Å². The van der Waals surface area contributed by atoms with E-state index in [-0.39, 0.29) is 58.0 Å². The second-order valence-electron chi connectivity index (χ2n) is 23.4. The fraction of sp³-hybridized carbons (Fsp3) is 0.780. The molecule has 1 aliphatic heterocycles. The number of nitrogens with zero attached hydrogens (tertiary/aromatic N) is 3. The number of amides is 1. The van der Waals surface area contributed by atoms with Gasteiger partial charge in [0.1, 0.15) is 12.1 Å². The lowest BCUT2D eigenvalue weighted by atomic mass is 9.32. The first-order valence-electron chi connectivity index (χ1n) is 23.4. The van der Waals surface area contributed by atoms with E-state index in [2.05, 4.69) is 51.6 Å². The van der Waals surface area contributed by atoms with Crippen LogP contribution in [0.2, 0.25) is 0 Å². The second kappa shape index (κ2) is 13.9. The van der Waals surface area contributed by atoms with Gasteiger partial charge in [-0.3, -0.25) is 14.4 Å². The Morgan fingerprint density at radius 1 is 0.814 bits per heavy atom. The van der Waals surface area contributed by atoms with Gasteiger partial charge in [-0.1, -0.05) is 90.9 Å². The fourth-order valence-electron chi connectivity index (χ4n) is 16.2. The summed E-state index contributed by atoms with van der Waals surface area (Å²) in [4.78, 5) is 47.5. The lowest BCUT2D eigenvalue weighted by Crippen LogP contribution is -2.67. The number of carboxylic acids is 1. The Bertz CT molecular complexity index is 1970. The molecule has 7 fully saturated rings. The van der Waals surface area contributed by atoms with Gasteiger partial charge in [-0.25, -0.2) is 0 Å². The van der Waals surface area contributed by atoms with Gasteiger partial charge in [0, 0.05) is 17.5 Å². The summed E-state index contributed by atoms with van der Waals surface area (Å²) in [6.07, 6.45) is 15.1. The molecule has 0 radical (unpaired) electrons. The van der Waals surface area contributed by atoms with E-state index in [0.29, 0.717) is 52.6 Å². The SMILES string of the molecule is CC(C)(CC(=O)O)CC(=O)O[C@H]1CC[C@]2(C)[C@H]3CC[C@@H]4[C@H]5[C@H](C6(C)CC6)CC[C@]5(C(=O)N5CCCC5c5nc(-c6ccccc6)no5)CC[C@@]4(C)[C@]3(C)CC[C@H]2C1(C)C. The molecule has 6 saturated carbocycles. The first kappa shape index (κ1) is 41.1. The number of benzene rings is 1. The van der Waals surface area contributed by atoms with Gasteiger partial charge < -0.3 is 19.3 Å². The summed E-state index contributed by atoms with van der Waals surface area (Å²) in [6, 6.07) is 9.82. The number of carboxylic acid groups (broad SMARTS) is 1. The van der Waals surface area contributed by atoms with Crippen LogP contribution in [0.3, 0.4) is 0 Å². The third kappa shape index (κ3) is 6.29. The van der Waals surface area contributed by atoms with Gasteiger partial charge in [-0.05, 0) is 147 Å². The van der Waals surface area contributed by atoms with Gasteiger partial charge in [0.25, 0.3) is 0 Å². The van der Waals surface area contributed by atoms with Crippen LogP contribution in [0.1, 0.15) is 170 Å². The summed E-state index contributed by atoms with van der Waals surface area (Å²) >= 11 is 0. The third-order valence-corrected chi connectivity index (χ3v) is 19.5. The minimum atomic E-state index is -0.885. The zero-order valence-corrected chi connectivity index (χ0v) is 37.3. The molecular formula is C50H71N3O6. The van der Waals surface area contributed by atoms with Crippen LogP contribution in [0, 0.1) is 67.5 Å². The standard InChI is InChI=1S/C50H71N3O6/c1-44(2,29-38(54)55)30-39(56)58-37-20-21-47(6)35(45(37,3)4)19-22-49(8)36(47)17-16-33-40-32(46(5)24-25-46)18-23-50(40,27-26-48(33,49)7)43(57)53-28-12-15-34(53)42-51-41(52-59-42)31-13-10-9-11-14-31/h9-11,13-14,32-37,40H,12,15-30H2,1-8H3,(H,54,55)/t32-,33-,34?,35+,36-,37+,40-,47+,48-,49-,50+/m1/s1. The summed E-state index contributed by atoms with van der Waals surface area (Å²) in [5.41, 5.74) is 0.528. The molecule has 1 aromatic heterocycles. The number of hydrogen-bond acceptors (Lipinski definition) is 7. The first-order chi connectivity index (χ1) is 27.8. The van der Waals surface area contributed by atoms with Crippen molar-refractivity contribution in [3.63, 3.8) is 0 Å². The summed E-state index contributed by atoms with van der Waals surface area (Å²) < 4.78 is 12.3. The van der Waals surface area contributed by atoms with Crippen molar-refractivity contribution in [1.29, 1.82) is 0 Å². The zero-order chi connectivity index (χ0) is 42.0. The molecule has 1 N–H and O–H groups in total. The molecule has 2 heterocycles. The molecule has 1 unspecified atom stereocenters. The monoisotopic (exact) mass is 810 g/mol. The number of ether oxygens (including phenoxy) is 1. The molecule has 7 aliphatic rings. The molecule has 11 atom stereocenters. The number of esters is 1. The lowest BCUT2D eigenvalue weighted by Gasteiger charge is -2.73. The molecule has 0 bridgehead atoms. The summed E-state index contributed by atoms with van der Waals surface area (Å²) in [5, 5.41) is 13.8. The van der Waals surface area contributed by atoms with Crippen LogP contribution < -0.4 is 0 Å². The van der Waals surface area contributed by atoms with E-state index in [1.54, 1.807) is 0 Å². The van der Waals surface area contributed by atoms with Crippen molar-refractivity contribution in [2.24, 2.45) is 67.5 Å². The predicted molar refractivity (Wildman–Crippen MR) is 225 cm³/mol. The van der Waals surface area contributed by atoms with Crippen molar-refractivity contribution in [3.05, 3.63) is 36.2 Å². The second-order valence-corrected chi connectivity index (χ2v) is 23.4. The maximum Gasteiger partial charge on any atom is 0.306 e. The van der Waals surface area contributed by atoms with Gasteiger partial charge in [-0.2, -0.15) is 4.98 Å². The fourth-order valence-corrected chi connectivity index (χ4v) is 16.2. The number of hydrogen-bond donors (Lipinski definition) is 1. The van der Waals surface area contributed by atoms with Crippen molar-refractivity contribution < 1.29 is 28.8 Å². The Morgan fingerprint density at radius 2 is 1.56 bits per heavy atom. The van der Waals surface area contributed by atoms with E-state index < -0.39 is 11.4 Å². The largest absolute Gasteiger partial charge is 0.481 e. The van der Waals surface area contributed by atoms with Crippen molar-refractivity contribution in [2.75, 3.05) is 6.54 Å². The average Bonchev–Trinajstić information content (AvgIpc) is 3.56. The Morgan fingerprint density at radius 3 is 2.27 bits per heavy atom. The summed E-state index contributed by atoms with van der Waals surface area (Å²) in [6.45, 7) is 19.6. The molecule has 9 rings (SSSR count). The maximum absolute atomic E-state index is 15.6. The Balaban J connectivity index is 0.980. The van der Waals surface area contributed by atoms with E-state index in [0.717, 1.165) is 63.5 Å². The van der Waals surface area contributed by atoms with Crippen molar-refractivity contribution >= 4 is 17.8 Å². The van der Waals surface area contributed by atoms with Gasteiger partial charge in [0.05, 0.1) is 18.3 Å². The van der Waals surface area contributed by atoms with Crippen LogP contribution in [-0.2, 0) is 19.1 Å². The van der Waals surface area contributed by atoms with E-state index in [9.17, 15) is 14.7 Å². The number of fused-ring (bicyclic) bond motifs is 7. The highest BCUT2D eigenvalue weighted by Crippen LogP contribution is 2.79. The Kier molecular flexibility index (Phi) is 9.69. The summed E-state index contributed by atoms with van der Waals surface area (Å²) in [7, 11) is 0. The van der Waals surface area contributed by atoms with Gasteiger partial charge in [0.15, 0.2) is 0 Å². The zero-order valence-electron chi connectivity index (χ0n) is 37.3. The molecule has 1 aromatic carbocycles. The van der Waals surface area contributed by atoms with Crippen LogP contribution in [0.25, 0.3) is 11.4 Å². The summed E-state index contributed by atoms with van der Waals surface area (Å²) in [5.74, 6) is 2.89. The molecular weight excluding hydrogens is 739 g/mol. The Labute approximate surface area is 352 Å². The van der Waals surface area contributed by atoms with Crippen LogP contribution in [0.15, 0.2) is 34.9 Å². The number of aliphatic carboxylic acids is 1. The van der Waals surface area contributed by atoms with Crippen LogP contribution in [-0.4, -0.2) is 50.6 Å². The predicted octanol–water partition coefficient (Wildman–Crippen LogP) is 11.1. The van der Waals surface area contributed by atoms with Gasteiger partial charge in [0.2, 0.25) is 17.6 Å². The molecule has 59 heavy (non-hydrogen) atoms. The van der Waals surface area contributed by atoms with E-state index in [4.69, 9.17) is 14.2 Å². The molecule has 2 aromatic rings. The normalized spacial score (nSPS) is 40.6. The van der Waals surface area contributed by atoms with Crippen molar-refractivity contribution in [2.45, 2.75) is 170 Å². The minimum Gasteiger partial charge on any atom is -0.481 e. The van der Waals surface area contributed by atoms with E-state index in [1.807, 2.05) is 44.2 Å². The molecule has 1 saturated heterocycles. The molecule has 9 nitrogen and oxygen atoms in total. The third-order valence-electron chi connectivity index (χ3n) is 19.5. The van der Waals surface area contributed by atoms with Gasteiger partial charge >= 0.3 is 11.9 Å². The van der Waals surface area contributed by atoms with Crippen molar-refractivity contribution in [1.82, 2.24) is 15.0 Å². The lowest BCUT2D eigenvalue weighted by molar-refractivity contribution is -0.251. The van der Waals surface area contributed by atoms with Crippen LogP contribution in [0.5, 0.6) is 0 Å². The Hall–Kier alpha value is -3.23. The highest BCUT2D eigenvalue weighted by atomic mass is 16.5. The number of carbonyl (C=O) groups is 3. The highest BCUT2D eigenvalue weighted by molar-refractivity contribution is 5.84. The topological polar surface area (TPSA) is 123 Å². The highest BCUT2D eigenvalue weighted by Gasteiger charge is 2.74. The van der Waals surface area contributed by atoms with Crippen LogP contribution >= 0.6 is 0 Å². The smallest absolute Gasteiger partial charge is 0.306 e. The molecule has 322 valence electrons. The van der Waals surface area contributed by atoms with E-state index in [1.165, 1.54) is 38.5 Å². The maximum atomic E-state index is 15.6. The minimum absolute atomic E-state index is 0.0537. The number of aromatic nitrogens is 2. The molecule has 6 aliphatic carbocycles.